The van der Waals surface area contributed by atoms with Crippen molar-refractivity contribution in [2.24, 2.45) is 5.41 Å². The molecule has 0 saturated carbocycles. The molecule has 1 amide bonds. The molecular weight excluding hydrogens is 236 g/mol. The van der Waals surface area contributed by atoms with E-state index in [0.29, 0.717) is 10.7 Å². The zero-order valence-electron chi connectivity index (χ0n) is 9.92. The van der Waals surface area contributed by atoms with Gasteiger partial charge in [0.05, 0.1) is 10.7 Å². The van der Waals surface area contributed by atoms with E-state index in [0.717, 1.165) is 25.9 Å². The van der Waals surface area contributed by atoms with Gasteiger partial charge in [-0.15, -0.1) is 0 Å². The Hall–Kier alpha value is -1.06. The van der Waals surface area contributed by atoms with Crippen molar-refractivity contribution in [3.8, 4) is 0 Å². The molecule has 3 nitrogen and oxygen atoms in total. The molecule has 0 aliphatic carbocycles. The van der Waals surface area contributed by atoms with Gasteiger partial charge < -0.3 is 10.6 Å². The summed E-state index contributed by atoms with van der Waals surface area (Å²) < 4.78 is 0. The molecule has 0 radical (unpaired) electrons. The van der Waals surface area contributed by atoms with Crippen molar-refractivity contribution in [2.75, 3.05) is 18.4 Å². The molecule has 2 N–H and O–H groups in total. The lowest BCUT2D eigenvalue weighted by Crippen LogP contribution is -2.42. The van der Waals surface area contributed by atoms with Crippen LogP contribution in [0.15, 0.2) is 24.3 Å². The maximum Gasteiger partial charge on any atom is 0.230 e. The van der Waals surface area contributed by atoms with Gasteiger partial charge in [0.1, 0.15) is 0 Å². The second-order valence-electron chi connectivity index (χ2n) is 4.74. The van der Waals surface area contributed by atoms with Crippen LogP contribution in [-0.4, -0.2) is 19.0 Å². The van der Waals surface area contributed by atoms with Gasteiger partial charge in [0.15, 0.2) is 0 Å². The molecule has 1 aromatic rings. The lowest BCUT2D eigenvalue weighted by atomic mass is 9.80. The second-order valence-corrected chi connectivity index (χ2v) is 5.15. The van der Waals surface area contributed by atoms with Crippen LogP contribution in [0.25, 0.3) is 0 Å². The Labute approximate surface area is 107 Å². The predicted octanol–water partition coefficient (Wildman–Crippen LogP) is 2.67. The first-order valence-electron chi connectivity index (χ1n) is 5.88. The zero-order chi connectivity index (χ0) is 12.3. The Kier molecular flexibility index (Phi) is 3.69. The van der Waals surface area contributed by atoms with Gasteiger partial charge in [-0.25, -0.2) is 0 Å². The van der Waals surface area contributed by atoms with E-state index in [9.17, 15) is 4.79 Å². The Bertz CT molecular complexity index is 414. The molecule has 0 bridgehead atoms. The van der Waals surface area contributed by atoms with Gasteiger partial charge in [-0.3, -0.25) is 4.79 Å². The SMILES string of the molecule is CC1(C(=O)Nc2ccccc2Cl)CCNCC1. The van der Waals surface area contributed by atoms with E-state index in [4.69, 9.17) is 11.6 Å². The average molecular weight is 253 g/mol. The Balaban J connectivity index is 2.08. The summed E-state index contributed by atoms with van der Waals surface area (Å²) in [5.41, 5.74) is 0.406. The van der Waals surface area contributed by atoms with E-state index >= 15 is 0 Å². The number of anilines is 1. The molecule has 92 valence electrons. The van der Waals surface area contributed by atoms with Crippen LogP contribution in [0.2, 0.25) is 5.02 Å². The first-order valence-corrected chi connectivity index (χ1v) is 6.26. The number of hydrogen-bond acceptors (Lipinski definition) is 2. The third kappa shape index (κ3) is 2.79. The lowest BCUT2D eigenvalue weighted by Gasteiger charge is -2.32. The summed E-state index contributed by atoms with van der Waals surface area (Å²) in [5.74, 6) is 0.0621. The van der Waals surface area contributed by atoms with Gasteiger partial charge in [-0.1, -0.05) is 30.7 Å². The highest BCUT2D eigenvalue weighted by atomic mass is 35.5. The van der Waals surface area contributed by atoms with Crippen molar-refractivity contribution in [3.63, 3.8) is 0 Å². The topological polar surface area (TPSA) is 41.1 Å². The number of carbonyl (C=O) groups excluding carboxylic acids is 1. The van der Waals surface area contributed by atoms with Gasteiger partial charge in [0.25, 0.3) is 0 Å². The molecule has 0 unspecified atom stereocenters. The number of rotatable bonds is 2. The van der Waals surface area contributed by atoms with Gasteiger partial charge in [0, 0.05) is 5.41 Å². The quantitative estimate of drug-likeness (QED) is 0.850. The van der Waals surface area contributed by atoms with Crippen molar-refractivity contribution >= 4 is 23.2 Å². The number of carbonyl (C=O) groups is 1. The number of piperidine rings is 1. The van der Waals surface area contributed by atoms with Crippen LogP contribution < -0.4 is 10.6 Å². The Morgan fingerprint density at radius 2 is 2.00 bits per heavy atom. The molecule has 1 fully saturated rings. The minimum Gasteiger partial charge on any atom is -0.324 e. The van der Waals surface area contributed by atoms with Crippen LogP contribution >= 0.6 is 11.6 Å². The van der Waals surface area contributed by atoms with Crippen molar-refractivity contribution in [1.29, 1.82) is 0 Å². The molecule has 1 aliphatic heterocycles. The van der Waals surface area contributed by atoms with Gasteiger partial charge >= 0.3 is 0 Å². The molecule has 0 atom stereocenters. The molecular formula is C13H17ClN2O. The van der Waals surface area contributed by atoms with Crippen molar-refractivity contribution in [2.45, 2.75) is 19.8 Å². The van der Waals surface area contributed by atoms with E-state index in [-0.39, 0.29) is 11.3 Å². The minimum absolute atomic E-state index is 0.0621. The van der Waals surface area contributed by atoms with Crippen LogP contribution in [0, 0.1) is 5.41 Å². The highest BCUT2D eigenvalue weighted by Gasteiger charge is 2.34. The lowest BCUT2D eigenvalue weighted by molar-refractivity contribution is -0.126. The summed E-state index contributed by atoms with van der Waals surface area (Å²) in [7, 11) is 0. The molecule has 4 heteroatoms. The highest BCUT2D eigenvalue weighted by Crippen LogP contribution is 2.30. The minimum atomic E-state index is -0.287. The van der Waals surface area contributed by atoms with E-state index < -0.39 is 0 Å². The van der Waals surface area contributed by atoms with Crippen molar-refractivity contribution < 1.29 is 4.79 Å². The molecule has 1 aromatic carbocycles. The molecule has 17 heavy (non-hydrogen) atoms. The van der Waals surface area contributed by atoms with Crippen molar-refractivity contribution in [3.05, 3.63) is 29.3 Å². The van der Waals surface area contributed by atoms with Crippen molar-refractivity contribution in [1.82, 2.24) is 5.32 Å². The summed E-state index contributed by atoms with van der Waals surface area (Å²) in [5, 5.41) is 6.77. The number of halogens is 1. The predicted molar refractivity (Wildman–Crippen MR) is 70.3 cm³/mol. The van der Waals surface area contributed by atoms with Crippen LogP contribution in [0.3, 0.4) is 0 Å². The first-order chi connectivity index (χ1) is 8.12. The fraction of sp³-hybridized carbons (Fsp3) is 0.462. The van der Waals surface area contributed by atoms with E-state index in [1.165, 1.54) is 0 Å². The zero-order valence-corrected chi connectivity index (χ0v) is 10.7. The molecule has 1 aliphatic rings. The highest BCUT2D eigenvalue weighted by molar-refractivity contribution is 6.33. The number of nitrogens with one attached hydrogen (secondary N) is 2. The maximum absolute atomic E-state index is 12.2. The van der Waals surface area contributed by atoms with Crippen LogP contribution in [0.4, 0.5) is 5.69 Å². The third-order valence-corrected chi connectivity index (χ3v) is 3.71. The van der Waals surface area contributed by atoms with E-state index in [1.54, 1.807) is 6.07 Å². The van der Waals surface area contributed by atoms with Gasteiger partial charge in [-0.05, 0) is 38.1 Å². The summed E-state index contributed by atoms with van der Waals surface area (Å²) >= 11 is 6.03. The maximum atomic E-state index is 12.2. The average Bonchev–Trinajstić information content (AvgIpc) is 2.33. The smallest absolute Gasteiger partial charge is 0.230 e. The van der Waals surface area contributed by atoms with Crippen LogP contribution in [-0.2, 0) is 4.79 Å². The summed E-state index contributed by atoms with van der Waals surface area (Å²) in [6, 6.07) is 7.32. The Morgan fingerprint density at radius 1 is 1.35 bits per heavy atom. The summed E-state index contributed by atoms with van der Waals surface area (Å²) in [6.45, 7) is 3.80. The van der Waals surface area contributed by atoms with E-state index in [1.807, 2.05) is 25.1 Å². The summed E-state index contributed by atoms with van der Waals surface area (Å²) in [6.07, 6.45) is 1.73. The standard InChI is InChI=1S/C13H17ClN2O/c1-13(6-8-15-9-7-13)12(17)16-11-5-3-2-4-10(11)14/h2-5,15H,6-9H2,1H3,(H,16,17). The largest absolute Gasteiger partial charge is 0.324 e. The third-order valence-electron chi connectivity index (χ3n) is 3.38. The summed E-state index contributed by atoms with van der Waals surface area (Å²) in [4.78, 5) is 12.2. The molecule has 1 heterocycles. The Morgan fingerprint density at radius 3 is 2.65 bits per heavy atom. The molecule has 0 spiro atoms. The molecule has 2 rings (SSSR count). The van der Waals surface area contributed by atoms with Gasteiger partial charge in [0.2, 0.25) is 5.91 Å². The number of hydrogen-bond donors (Lipinski definition) is 2. The van der Waals surface area contributed by atoms with Crippen LogP contribution in [0.5, 0.6) is 0 Å². The van der Waals surface area contributed by atoms with E-state index in [2.05, 4.69) is 10.6 Å². The monoisotopic (exact) mass is 252 g/mol. The number of benzene rings is 1. The fourth-order valence-corrected chi connectivity index (χ4v) is 2.22. The van der Waals surface area contributed by atoms with Crippen LogP contribution in [0.1, 0.15) is 19.8 Å². The first kappa shape index (κ1) is 12.4. The number of amides is 1. The second kappa shape index (κ2) is 5.07. The fourth-order valence-electron chi connectivity index (χ4n) is 2.04. The normalized spacial score (nSPS) is 18.7. The molecule has 0 aromatic heterocycles. The number of para-hydroxylation sites is 1. The molecule has 1 saturated heterocycles. The van der Waals surface area contributed by atoms with Gasteiger partial charge in [-0.2, -0.15) is 0 Å².